The minimum Gasteiger partial charge on any atom is -0.493 e. The van der Waals surface area contributed by atoms with Crippen LogP contribution in [0.3, 0.4) is 0 Å². The zero-order valence-corrected chi connectivity index (χ0v) is 18.5. The second-order valence-electron chi connectivity index (χ2n) is 8.09. The maximum Gasteiger partial charge on any atom is 0.270 e. The summed E-state index contributed by atoms with van der Waals surface area (Å²) in [6, 6.07) is 7.46. The number of methoxy groups -OCH3 is 3. The van der Waals surface area contributed by atoms with Crippen LogP contribution in [0.4, 0.5) is 5.82 Å². The molecule has 2 aromatic heterocycles. The molecule has 3 aromatic rings. The van der Waals surface area contributed by atoms with Crippen LogP contribution in [0, 0.1) is 0 Å². The number of nitrogens with one attached hydrogen (secondary N) is 3. The van der Waals surface area contributed by atoms with Crippen LogP contribution in [-0.2, 0) is 4.79 Å². The van der Waals surface area contributed by atoms with Crippen molar-refractivity contribution in [2.45, 2.75) is 24.7 Å². The van der Waals surface area contributed by atoms with Gasteiger partial charge in [-0.25, -0.2) is 0 Å². The fraction of sp³-hybridized carbons (Fsp3) is 0.292. The number of H-pyrrole nitrogens is 2. The van der Waals surface area contributed by atoms with Gasteiger partial charge in [0.25, 0.3) is 5.56 Å². The van der Waals surface area contributed by atoms with Crippen molar-refractivity contribution in [3.63, 3.8) is 0 Å². The Kier molecular flexibility index (Phi) is 5.16. The van der Waals surface area contributed by atoms with Gasteiger partial charge in [0.15, 0.2) is 17.3 Å². The highest BCUT2D eigenvalue weighted by molar-refractivity contribution is 6.01. The van der Waals surface area contributed by atoms with Gasteiger partial charge in [-0.1, -0.05) is 0 Å². The van der Waals surface area contributed by atoms with Gasteiger partial charge in [-0.2, -0.15) is 0 Å². The standard InChI is InChI=1S/C24H24N4O5/c1-31-17-10-14(11-18(32-2)22(17)33-3)13-8-15-20(16(29)9-13)19(12-4-6-25-7-5-12)21-23(26-15)27-28-24(21)30/h4-7,10-11,13,19H,8-9H2,1-3H3,(H3,26,27,28,30). The van der Waals surface area contributed by atoms with Crippen LogP contribution in [0.1, 0.15) is 41.4 Å². The van der Waals surface area contributed by atoms with E-state index in [0.29, 0.717) is 47.0 Å². The lowest BCUT2D eigenvalue weighted by Gasteiger charge is -2.34. The summed E-state index contributed by atoms with van der Waals surface area (Å²) in [4.78, 5) is 30.2. The summed E-state index contributed by atoms with van der Waals surface area (Å²) in [7, 11) is 4.70. The lowest BCUT2D eigenvalue weighted by Crippen LogP contribution is -2.31. The molecule has 0 saturated carbocycles. The molecule has 0 spiro atoms. The number of Topliss-reactive ketones (excluding diaryl/α,β-unsaturated/α-hetero) is 1. The molecule has 2 atom stereocenters. The number of hydrogen-bond acceptors (Lipinski definition) is 7. The van der Waals surface area contributed by atoms with Gasteiger partial charge in [0.2, 0.25) is 5.75 Å². The van der Waals surface area contributed by atoms with Crippen LogP contribution in [0.25, 0.3) is 0 Å². The molecular weight excluding hydrogens is 424 g/mol. The number of hydrogen-bond donors (Lipinski definition) is 3. The Balaban J connectivity index is 1.59. The maximum absolute atomic E-state index is 13.5. The fourth-order valence-corrected chi connectivity index (χ4v) is 4.88. The molecule has 0 saturated heterocycles. The minimum atomic E-state index is -0.456. The molecule has 5 rings (SSSR count). The van der Waals surface area contributed by atoms with Crippen molar-refractivity contribution in [2.24, 2.45) is 0 Å². The number of anilines is 1. The zero-order chi connectivity index (χ0) is 23.1. The van der Waals surface area contributed by atoms with Crippen molar-refractivity contribution in [2.75, 3.05) is 26.6 Å². The second-order valence-corrected chi connectivity index (χ2v) is 8.09. The summed E-state index contributed by atoms with van der Waals surface area (Å²) in [6.07, 6.45) is 4.24. The molecule has 9 nitrogen and oxygen atoms in total. The van der Waals surface area contributed by atoms with Gasteiger partial charge < -0.3 is 19.5 Å². The fourth-order valence-electron chi connectivity index (χ4n) is 4.88. The Labute approximate surface area is 189 Å². The predicted molar refractivity (Wildman–Crippen MR) is 121 cm³/mol. The Morgan fingerprint density at radius 2 is 1.61 bits per heavy atom. The molecule has 33 heavy (non-hydrogen) atoms. The summed E-state index contributed by atoms with van der Waals surface area (Å²) < 4.78 is 16.4. The van der Waals surface area contributed by atoms with E-state index in [1.54, 1.807) is 33.7 Å². The zero-order valence-electron chi connectivity index (χ0n) is 18.5. The molecule has 0 radical (unpaired) electrons. The Bertz CT molecular complexity index is 1280. The molecule has 1 aromatic carbocycles. The van der Waals surface area contributed by atoms with Crippen molar-refractivity contribution >= 4 is 11.6 Å². The first-order valence-corrected chi connectivity index (χ1v) is 10.6. The van der Waals surface area contributed by atoms with Crippen LogP contribution in [0.5, 0.6) is 17.2 Å². The molecule has 0 amide bonds. The molecular formula is C24H24N4O5. The Morgan fingerprint density at radius 3 is 2.24 bits per heavy atom. The van der Waals surface area contributed by atoms with Crippen LogP contribution < -0.4 is 25.1 Å². The number of benzene rings is 1. The summed E-state index contributed by atoms with van der Waals surface area (Å²) in [5.41, 5.74) is 3.46. The summed E-state index contributed by atoms with van der Waals surface area (Å²) >= 11 is 0. The van der Waals surface area contributed by atoms with Crippen LogP contribution in [0.15, 0.2) is 52.7 Å². The van der Waals surface area contributed by atoms with Crippen LogP contribution in [0.2, 0.25) is 0 Å². The maximum atomic E-state index is 13.5. The average molecular weight is 448 g/mol. The van der Waals surface area contributed by atoms with Crippen molar-refractivity contribution < 1.29 is 19.0 Å². The SMILES string of the molecule is COc1cc(C2CC(=O)C3=C(C2)Nc2[nH][nH]c(=O)c2C3c2ccncc2)cc(OC)c1OC. The largest absolute Gasteiger partial charge is 0.493 e. The van der Waals surface area contributed by atoms with E-state index in [1.165, 1.54) is 0 Å². The normalized spacial score (nSPS) is 19.4. The van der Waals surface area contributed by atoms with E-state index < -0.39 is 5.92 Å². The van der Waals surface area contributed by atoms with E-state index in [4.69, 9.17) is 14.2 Å². The van der Waals surface area contributed by atoms with Gasteiger partial charge in [0.05, 0.1) is 26.9 Å². The third-order valence-corrected chi connectivity index (χ3v) is 6.37. The minimum absolute atomic E-state index is 0.00411. The first-order valence-electron chi connectivity index (χ1n) is 10.6. The predicted octanol–water partition coefficient (Wildman–Crippen LogP) is 3.08. The number of allylic oxidation sites excluding steroid dienone is 2. The molecule has 2 aliphatic rings. The van der Waals surface area contributed by atoms with E-state index in [9.17, 15) is 9.59 Å². The Hall–Kier alpha value is -4.01. The number of rotatable bonds is 5. The smallest absolute Gasteiger partial charge is 0.270 e. The lowest BCUT2D eigenvalue weighted by molar-refractivity contribution is -0.116. The number of carbonyl (C=O) groups is 1. The number of carbonyl (C=O) groups excluding carboxylic acids is 1. The topological polar surface area (TPSA) is 118 Å². The van der Waals surface area contributed by atoms with Gasteiger partial charge in [-0.3, -0.25) is 24.8 Å². The summed E-state index contributed by atoms with van der Waals surface area (Å²) in [6.45, 7) is 0. The van der Waals surface area contributed by atoms with Gasteiger partial charge in [0.1, 0.15) is 5.82 Å². The van der Waals surface area contributed by atoms with Crippen molar-refractivity contribution in [3.8, 4) is 17.2 Å². The van der Waals surface area contributed by atoms with E-state index in [1.807, 2.05) is 24.3 Å². The van der Waals surface area contributed by atoms with Gasteiger partial charge in [-0.15, -0.1) is 0 Å². The second kappa shape index (κ2) is 8.16. The number of nitrogens with zero attached hydrogens (tertiary/aromatic N) is 1. The third-order valence-electron chi connectivity index (χ3n) is 6.37. The molecule has 1 aliphatic heterocycles. The Morgan fingerprint density at radius 1 is 0.909 bits per heavy atom. The highest BCUT2D eigenvalue weighted by Crippen LogP contribution is 2.48. The molecule has 0 fully saturated rings. The summed E-state index contributed by atoms with van der Waals surface area (Å²) in [5, 5.41) is 8.86. The lowest BCUT2D eigenvalue weighted by atomic mass is 9.73. The van der Waals surface area contributed by atoms with E-state index in [2.05, 4.69) is 20.5 Å². The molecule has 9 heteroatoms. The van der Waals surface area contributed by atoms with Crippen LogP contribution >= 0.6 is 0 Å². The van der Waals surface area contributed by atoms with E-state index in [0.717, 1.165) is 16.8 Å². The first-order chi connectivity index (χ1) is 16.0. The molecule has 3 heterocycles. The number of aromatic amines is 2. The summed E-state index contributed by atoms with van der Waals surface area (Å²) in [5.74, 6) is 1.62. The van der Waals surface area contributed by atoms with Gasteiger partial charge in [0, 0.05) is 36.0 Å². The monoisotopic (exact) mass is 448 g/mol. The highest BCUT2D eigenvalue weighted by Gasteiger charge is 2.40. The number of pyridine rings is 1. The number of fused-ring (bicyclic) bond motifs is 1. The van der Waals surface area contributed by atoms with E-state index >= 15 is 0 Å². The quantitative estimate of drug-likeness (QED) is 0.549. The first kappa shape index (κ1) is 20.9. The average Bonchev–Trinajstić information content (AvgIpc) is 3.22. The number of aromatic nitrogens is 3. The van der Waals surface area contributed by atoms with E-state index in [-0.39, 0.29) is 17.3 Å². The molecule has 170 valence electrons. The van der Waals surface area contributed by atoms with Crippen molar-refractivity contribution in [1.82, 2.24) is 15.2 Å². The van der Waals surface area contributed by atoms with Crippen LogP contribution in [-0.4, -0.2) is 42.3 Å². The molecule has 1 aliphatic carbocycles. The van der Waals surface area contributed by atoms with Gasteiger partial charge in [-0.05, 0) is 47.7 Å². The molecule has 3 N–H and O–H groups in total. The molecule has 2 unspecified atom stereocenters. The highest BCUT2D eigenvalue weighted by atomic mass is 16.5. The third kappa shape index (κ3) is 3.36. The van der Waals surface area contributed by atoms with Crippen molar-refractivity contribution in [1.29, 1.82) is 0 Å². The number of ether oxygens (including phenoxy) is 3. The number of ketones is 1. The molecule has 0 bridgehead atoms. The van der Waals surface area contributed by atoms with Gasteiger partial charge >= 0.3 is 0 Å². The van der Waals surface area contributed by atoms with Crippen molar-refractivity contribution in [3.05, 3.63) is 75.0 Å².